The second kappa shape index (κ2) is 15.4. The predicted octanol–water partition coefficient (Wildman–Crippen LogP) is 8.64. The Morgan fingerprint density at radius 3 is 1.55 bits per heavy atom. The SMILES string of the molecule is CCOCCCCCCCCc1ccc(B2c3ccc(C(C)(C)C)cc3N3c4cc(C(C)(C)C)ccc4B(c4ccc(C)cc4)c4cccc2c43)cc1. The molecule has 0 amide bonds. The van der Waals surface area contributed by atoms with Crippen LogP contribution in [0.2, 0.25) is 0 Å². The number of rotatable bonds is 12. The summed E-state index contributed by atoms with van der Waals surface area (Å²) in [5, 5.41) is 0. The van der Waals surface area contributed by atoms with Gasteiger partial charge in [-0.05, 0) is 94.6 Å². The number of fused-ring (bicyclic) bond motifs is 4. The summed E-state index contributed by atoms with van der Waals surface area (Å²) in [5.74, 6) is 0. The van der Waals surface area contributed by atoms with E-state index >= 15 is 0 Å². The van der Waals surface area contributed by atoms with Crippen molar-refractivity contribution in [2.45, 2.75) is 111 Å². The summed E-state index contributed by atoms with van der Waals surface area (Å²) >= 11 is 0. The Bertz CT molecular complexity index is 2030. The Balaban J connectivity index is 1.30. The molecule has 0 unspecified atom stereocenters. The van der Waals surface area contributed by atoms with Gasteiger partial charge in [0.15, 0.2) is 0 Å². The van der Waals surface area contributed by atoms with Crippen molar-refractivity contribution in [1.29, 1.82) is 0 Å². The molecule has 272 valence electrons. The zero-order valence-corrected chi connectivity index (χ0v) is 33.7. The van der Waals surface area contributed by atoms with Gasteiger partial charge < -0.3 is 9.64 Å². The average Bonchev–Trinajstić information content (AvgIpc) is 3.14. The first-order chi connectivity index (χ1) is 25.5. The van der Waals surface area contributed by atoms with Crippen molar-refractivity contribution in [2.24, 2.45) is 0 Å². The maximum Gasteiger partial charge on any atom is 0.246 e. The number of hydrogen-bond acceptors (Lipinski definition) is 2. The van der Waals surface area contributed by atoms with E-state index in [9.17, 15) is 0 Å². The highest BCUT2D eigenvalue weighted by Gasteiger charge is 2.43. The third-order valence-corrected chi connectivity index (χ3v) is 11.8. The van der Waals surface area contributed by atoms with E-state index in [1.54, 1.807) is 0 Å². The molecule has 0 spiro atoms. The van der Waals surface area contributed by atoms with Crippen LogP contribution in [0.25, 0.3) is 0 Å². The van der Waals surface area contributed by atoms with Crippen molar-refractivity contribution in [2.75, 3.05) is 18.1 Å². The zero-order chi connectivity index (χ0) is 37.3. The largest absolute Gasteiger partial charge is 0.382 e. The molecule has 0 aliphatic carbocycles. The summed E-state index contributed by atoms with van der Waals surface area (Å²) in [6, 6.07) is 40.7. The van der Waals surface area contributed by atoms with Gasteiger partial charge in [-0.1, -0.05) is 175 Å². The monoisotopic (exact) mass is 699 g/mol. The molecule has 0 saturated heterocycles. The van der Waals surface area contributed by atoms with Crippen LogP contribution in [-0.4, -0.2) is 26.6 Å². The fourth-order valence-electron chi connectivity index (χ4n) is 8.64. The van der Waals surface area contributed by atoms with Gasteiger partial charge >= 0.3 is 0 Å². The Hall–Kier alpha value is -4.01. The van der Waals surface area contributed by atoms with Crippen LogP contribution in [0.15, 0.2) is 103 Å². The molecule has 0 radical (unpaired) electrons. The number of para-hydroxylation sites is 1. The van der Waals surface area contributed by atoms with Crippen LogP contribution < -0.4 is 37.7 Å². The van der Waals surface area contributed by atoms with Crippen molar-refractivity contribution in [3.63, 3.8) is 0 Å². The fourth-order valence-corrected chi connectivity index (χ4v) is 8.64. The second-order valence-corrected chi connectivity index (χ2v) is 17.8. The Kier molecular flexibility index (Phi) is 10.8. The van der Waals surface area contributed by atoms with E-state index in [1.807, 2.05) is 0 Å². The number of unbranched alkanes of at least 4 members (excludes halogenated alkanes) is 5. The molecule has 2 nitrogen and oxygen atoms in total. The number of anilines is 3. The van der Waals surface area contributed by atoms with Crippen LogP contribution in [0.1, 0.15) is 109 Å². The van der Waals surface area contributed by atoms with Crippen molar-refractivity contribution in [3.8, 4) is 0 Å². The molecular formula is C49H59B2NO. The summed E-state index contributed by atoms with van der Waals surface area (Å²) in [5.41, 5.74) is 17.9. The Morgan fingerprint density at radius 2 is 1.04 bits per heavy atom. The number of benzene rings is 5. The van der Waals surface area contributed by atoms with Gasteiger partial charge in [0, 0.05) is 30.3 Å². The number of aryl methyl sites for hydroxylation is 2. The first-order valence-electron chi connectivity index (χ1n) is 20.4. The molecule has 0 atom stereocenters. The fraction of sp³-hybridized carbons (Fsp3) is 0.388. The molecule has 2 aliphatic heterocycles. The number of ether oxygens (including phenoxy) is 1. The Morgan fingerprint density at radius 1 is 0.547 bits per heavy atom. The lowest BCUT2D eigenvalue weighted by atomic mass is 9.30. The van der Waals surface area contributed by atoms with Crippen LogP contribution in [0.5, 0.6) is 0 Å². The molecule has 0 N–H and O–H groups in total. The maximum absolute atomic E-state index is 5.50. The van der Waals surface area contributed by atoms with Gasteiger partial charge in [-0.15, -0.1) is 0 Å². The van der Waals surface area contributed by atoms with Crippen molar-refractivity contribution in [1.82, 2.24) is 0 Å². The molecule has 5 aromatic carbocycles. The number of hydrogen-bond donors (Lipinski definition) is 0. The highest BCUT2D eigenvalue weighted by molar-refractivity contribution is 7.02. The minimum absolute atomic E-state index is 0.0335. The van der Waals surface area contributed by atoms with Crippen molar-refractivity contribution >= 4 is 63.3 Å². The Labute approximate surface area is 321 Å². The lowest BCUT2D eigenvalue weighted by Gasteiger charge is -2.44. The normalized spacial score (nSPS) is 13.5. The molecule has 4 heteroatoms. The highest BCUT2D eigenvalue weighted by atomic mass is 16.5. The molecule has 5 aromatic rings. The molecule has 0 aromatic heterocycles. The van der Waals surface area contributed by atoms with Crippen LogP contribution in [0.4, 0.5) is 17.1 Å². The second-order valence-electron chi connectivity index (χ2n) is 17.8. The van der Waals surface area contributed by atoms with E-state index in [1.165, 1.54) is 111 Å². The van der Waals surface area contributed by atoms with Crippen molar-refractivity contribution in [3.05, 3.63) is 125 Å². The van der Waals surface area contributed by atoms with Gasteiger partial charge in [0.25, 0.3) is 0 Å². The van der Waals surface area contributed by atoms with Gasteiger partial charge in [-0.25, -0.2) is 0 Å². The van der Waals surface area contributed by atoms with E-state index in [2.05, 4.69) is 163 Å². The van der Waals surface area contributed by atoms with Crippen LogP contribution in [0, 0.1) is 6.92 Å². The molecule has 2 aliphatic rings. The maximum atomic E-state index is 5.50. The first-order valence-corrected chi connectivity index (χ1v) is 20.4. The van der Waals surface area contributed by atoms with E-state index in [4.69, 9.17) is 4.74 Å². The van der Waals surface area contributed by atoms with Gasteiger partial charge in [0.05, 0.1) is 0 Å². The van der Waals surface area contributed by atoms with Gasteiger partial charge in [0.2, 0.25) is 13.4 Å². The molecule has 53 heavy (non-hydrogen) atoms. The molecular weight excluding hydrogens is 640 g/mol. The summed E-state index contributed by atoms with van der Waals surface area (Å²) < 4.78 is 5.50. The summed E-state index contributed by atoms with van der Waals surface area (Å²) in [7, 11) is 0. The first kappa shape index (κ1) is 37.3. The molecule has 2 heterocycles. The van der Waals surface area contributed by atoms with E-state index < -0.39 is 0 Å². The zero-order valence-electron chi connectivity index (χ0n) is 33.7. The third kappa shape index (κ3) is 7.68. The minimum Gasteiger partial charge on any atom is -0.382 e. The quantitative estimate of drug-likeness (QED) is 0.0936. The van der Waals surface area contributed by atoms with E-state index in [0.717, 1.165) is 19.6 Å². The van der Waals surface area contributed by atoms with Gasteiger partial charge in [-0.2, -0.15) is 0 Å². The lowest BCUT2D eigenvalue weighted by molar-refractivity contribution is 0.143. The van der Waals surface area contributed by atoms with Crippen LogP contribution in [-0.2, 0) is 22.0 Å². The van der Waals surface area contributed by atoms with Crippen LogP contribution >= 0.6 is 0 Å². The smallest absolute Gasteiger partial charge is 0.246 e. The summed E-state index contributed by atoms with van der Waals surface area (Å²) in [6.45, 7) is 20.3. The predicted molar refractivity (Wildman–Crippen MR) is 233 cm³/mol. The van der Waals surface area contributed by atoms with Crippen LogP contribution in [0.3, 0.4) is 0 Å². The molecule has 0 saturated carbocycles. The standard InChI is InChI=1S/C49H59B2NO/c1-9-53-32-15-13-11-10-12-14-17-36-22-28-40(29-23-36)51-42-31-25-38(49(6,7)8)34-46(42)52-45-33-37(48(3,4)5)24-30-41(45)50(39-26-20-35(2)21-27-39)43-18-16-19-44(51)47(43)52/h16,18-31,33-34H,9-15,17,32H2,1-8H3. The summed E-state index contributed by atoms with van der Waals surface area (Å²) in [4.78, 5) is 2.65. The highest BCUT2D eigenvalue weighted by Crippen LogP contribution is 2.40. The van der Waals surface area contributed by atoms with Gasteiger partial charge in [-0.3, -0.25) is 0 Å². The van der Waals surface area contributed by atoms with Gasteiger partial charge in [0.1, 0.15) is 0 Å². The van der Waals surface area contributed by atoms with E-state index in [-0.39, 0.29) is 24.3 Å². The van der Waals surface area contributed by atoms with Crippen molar-refractivity contribution < 1.29 is 4.74 Å². The lowest BCUT2D eigenvalue weighted by Crippen LogP contribution is -2.65. The molecule has 7 rings (SSSR count). The topological polar surface area (TPSA) is 12.5 Å². The molecule has 0 fully saturated rings. The third-order valence-electron chi connectivity index (χ3n) is 11.8. The average molecular weight is 700 g/mol. The number of nitrogens with zero attached hydrogens (tertiary/aromatic N) is 1. The molecule has 0 bridgehead atoms. The minimum atomic E-state index is 0.0335. The summed E-state index contributed by atoms with van der Waals surface area (Å²) in [6.07, 6.45) is 8.81. The van der Waals surface area contributed by atoms with E-state index in [0.29, 0.717) is 0 Å².